The van der Waals surface area contributed by atoms with Crippen LogP contribution in [0.2, 0.25) is 0 Å². The van der Waals surface area contributed by atoms with Crippen molar-refractivity contribution in [1.82, 2.24) is 10.5 Å². The number of nitrogens with one attached hydrogen (secondary N) is 1. The van der Waals surface area contributed by atoms with E-state index in [-0.39, 0.29) is 6.04 Å². The Labute approximate surface area is 120 Å². The number of hydrogen-bond donors (Lipinski definition) is 1. The minimum atomic E-state index is 0.266. The van der Waals surface area contributed by atoms with Gasteiger partial charge in [-0.2, -0.15) is 0 Å². The van der Waals surface area contributed by atoms with Gasteiger partial charge in [0.25, 0.3) is 0 Å². The molecule has 108 valence electrons. The van der Waals surface area contributed by atoms with E-state index in [0.717, 1.165) is 35.7 Å². The number of aryl methyl sites for hydroxylation is 1. The van der Waals surface area contributed by atoms with E-state index in [2.05, 4.69) is 30.4 Å². The highest BCUT2D eigenvalue weighted by molar-refractivity contribution is 5.35. The molecule has 0 aliphatic rings. The number of para-hydroxylation sites is 1. The molecule has 4 heteroatoms. The molecule has 0 fully saturated rings. The zero-order chi connectivity index (χ0) is 14.4. The monoisotopic (exact) mass is 274 g/mol. The first-order valence-corrected chi connectivity index (χ1v) is 7.08. The average molecular weight is 274 g/mol. The van der Waals surface area contributed by atoms with Crippen LogP contribution in [0.5, 0.6) is 5.75 Å². The van der Waals surface area contributed by atoms with Crippen LogP contribution < -0.4 is 10.1 Å². The third-order valence-corrected chi connectivity index (χ3v) is 3.13. The Hall–Kier alpha value is -1.81. The van der Waals surface area contributed by atoms with E-state index in [4.69, 9.17) is 9.26 Å². The van der Waals surface area contributed by atoms with E-state index in [0.29, 0.717) is 6.61 Å². The maximum Gasteiger partial charge on any atom is 0.174 e. The summed E-state index contributed by atoms with van der Waals surface area (Å²) in [6, 6.07) is 10.3. The molecular formula is C16H22N2O2. The molecule has 0 bridgehead atoms. The summed E-state index contributed by atoms with van der Waals surface area (Å²) >= 11 is 0. The molecule has 0 amide bonds. The summed E-state index contributed by atoms with van der Waals surface area (Å²) in [6.45, 7) is 7.61. The molecule has 20 heavy (non-hydrogen) atoms. The highest BCUT2D eigenvalue weighted by Gasteiger charge is 2.11. The van der Waals surface area contributed by atoms with Crippen molar-refractivity contribution < 1.29 is 9.26 Å². The highest BCUT2D eigenvalue weighted by atomic mass is 16.5. The second-order valence-corrected chi connectivity index (χ2v) is 4.94. The highest BCUT2D eigenvalue weighted by Crippen LogP contribution is 2.25. The Kier molecular flexibility index (Phi) is 5.18. The second-order valence-electron chi connectivity index (χ2n) is 4.94. The van der Waals surface area contributed by atoms with Gasteiger partial charge in [-0.05, 0) is 32.9 Å². The van der Waals surface area contributed by atoms with Gasteiger partial charge in [-0.25, -0.2) is 0 Å². The maximum atomic E-state index is 5.86. The van der Waals surface area contributed by atoms with Gasteiger partial charge in [0.1, 0.15) is 12.4 Å². The Bertz CT molecular complexity index is 537. The van der Waals surface area contributed by atoms with Gasteiger partial charge in [-0.1, -0.05) is 30.3 Å². The predicted molar refractivity (Wildman–Crippen MR) is 78.7 cm³/mol. The van der Waals surface area contributed by atoms with E-state index in [9.17, 15) is 0 Å². The van der Waals surface area contributed by atoms with Crippen LogP contribution in [0.15, 0.2) is 34.9 Å². The van der Waals surface area contributed by atoms with Crippen molar-refractivity contribution >= 4 is 0 Å². The molecule has 0 radical (unpaired) electrons. The first kappa shape index (κ1) is 14.6. The quantitative estimate of drug-likeness (QED) is 0.837. The maximum absolute atomic E-state index is 5.86. The van der Waals surface area contributed by atoms with Gasteiger partial charge in [0, 0.05) is 17.7 Å². The van der Waals surface area contributed by atoms with Crippen LogP contribution in [0, 0.1) is 6.92 Å². The lowest BCUT2D eigenvalue weighted by atomic mass is 10.1. The molecule has 1 unspecified atom stereocenters. The summed E-state index contributed by atoms with van der Waals surface area (Å²) in [5, 5.41) is 7.34. The van der Waals surface area contributed by atoms with Gasteiger partial charge in [0.2, 0.25) is 0 Å². The van der Waals surface area contributed by atoms with E-state index in [1.54, 1.807) is 0 Å². The van der Waals surface area contributed by atoms with Gasteiger partial charge in [-0.3, -0.25) is 0 Å². The van der Waals surface area contributed by atoms with E-state index in [1.807, 2.05) is 31.2 Å². The minimum absolute atomic E-state index is 0.266. The Morgan fingerprint density at radius 3 is 2.85 bits per heavy atom. The zero-order valence-corrected chi connectivity index (χ0v) is 12.3. The Morgan fingerprint density at radius 1 is 1.35 bits per heavy atom. The van der Waals surface area contributed by atoms with Crippen molar-refractivity contribution in [1.29, 1.82) is 0 Å². The molecule has 1 aromatic carbocycles. The van der Waals surface area contributed by atoms with Crippen molar-refractivity contribution in [2.45, 2.75) is 39.8 Å². The van der Waals surface area contributed by atoms with Crippen molar-refractivity contribution in [3.63, 3.8) is 0 Å². The van der Waals surface area contributed by atoms with Crippen LogP contribution in [-0.4, -0.2) is 11.7 Å². The minimum Gasteiger partial charge on any atom is -0.485 e. The summed E-state index contributed by atoms with van der Waals surface area (Å²) in [4.78, 5) is 0. The van der Waals surface area contributed by atoms with Crippen LogP contribution in [0.3, 0.4) is 0 Å². The van der Waals surface area contributed by atoms with E-state index >= 15 is 0 Å². The lowest BCUT2D eigenvalue weighted by Gasteiger charge is -2.17. The summed E-state index contributed by atoms with van der Waals surface area (Å²) in [6.07, 6.45) is 1.12. The van der Waals surface area contributed by atoms with E-state index < -0.39 is 0 Å². The molecule has 1 N–H and O–H groups in total. The molecular weight excluding hydrogens is 252 g/mol. The lowest BCUT2D eigenvalue weighted by molar-refractivity contribution is 0.245. The summed E-state index contributed by atoms with van der Waals surface area (Å²) in [7, 11) is 0. The first-order chi connectivity index (χ1) is 9.70. The molecule has 1 aromatic heterocycles. The van der Waals surface area contributed by atoms with Gasteiger partial charge in [-0.15, -0.1) is 0 Å². The average Bonchev–Trinajstić information content (AvgIpc) is 2.88. The van der Waals surface area contributed by atoms with Crippen molar-refractivity contribution in [3.8, 4) is 5.75 Å². The van der Waals surface area contributed by atoms with Gasteiger partial charge in [0.05, 0.1) is 5.69 Å². The standard InChI is InChI=1S/C16H22N2O2/c1-4-9-17-13(3)15-7-5-6-8-16(15)19-11-14-10-12(2)18-20-14/h5-8,10,13,17H,4,9,11H2,1-3H3. The number of aromatic nitrogens is 1. The van der Waals surface area contributed by atoms with Crippen LogP contribution in [-0.2, 0) is 6.61 Å². The summed E-state index contributed by atoms with van der Waals surface area (Å²) < 4.78 is 11.0. The Balaban J connectivity index is 2.03. The summed E-state index contributed by atoms with van der Waals surface area (Å²) in [5.74, 6) is 1.63. The smallest absolute Gasteiger partial charge is 0.174 e. The number of nitrogens with zero attached hydrogens (tertiary/aromatic N) is 1. The summed E-state index contributed by atoms with van der Waals surface area (Å²) in [5.41, 5.74) is 2.03. The molecule has 1 heterocycles. The lowest BCUT2D eigenvalue weighted by Crippen LogP contribution is -2.19. The molecule has 1 atom stereocenters. The first-order valence-electron chi connectivity index (χ1n) is 7.08. The zero-order valence-electron chi connectivity index (χ0n) is 12.3. The fraction of sp³-hybridized carbons (Fsp3) is 0.438. The molecule has 0 aliphatic carbocycles. The predicted octanol–water partition coefficient (Wildman–Crippen LogP) is 3.62. The molecule has 0 spiro atoms. The normalized spacial score (nSPS) is 12.3. The van der Waals surface area contributed by atoms with Gasteiger partial charge >= 0.3 is 0 Å². The van der Waals surface area contributed by atoms with Crippen molar-refractivity contribution in [2.75, 3.05) is 6.54 Å². The molecule has 2 aromatic rings. The molecule has 0 saturated heterocycles. The fourth-order valence-corrected chi connectivity index (χ4v) is 2.07. The second kappa shape index (κ2) is 7.10. The van der Waals surface area contributed by atoms with Gasteiger partial charge < -0.3 is 14.6 Å². The SMILES string of the molecule is CCCNC(C)c1ccccc1OCc1cc(C)no1. The van der Waals surface area contributed by atoms with Crippen molar-refractivity contribution in [3.05, 3.63) is 47.3 Å². The molecule has 4 nitrogen and oxygen atoms in total. The van der Waals surface area contributed by atoms with E-state index in [1.165, 1.54) is 0 Å². The van der Waals surface area contributed by atoms with Crippen molar-refractivity contribution in [2.24, 2.45) is 0 Å². The van der Waals surface area contributed by atoms with Crippen LogP contribution in [0.1, 0.15) is 43.3 Å². The fourth-order valence-electron chi connectivity index (χ4n) is 2.07. The number of rotatable bonds is 7. The van der Waals surface area contributed by atoms with Crippen LogP contribution in [0.4, 0.5) is 0 Å². The third kappa shape index (κ3) is 3.84. The number of hydrogen-bond acceptors (Lipinski definition) is 4. The molecule has 2 rings (SSSR count). The number of benzene rings is 1. The Morgan fingerprint density at radius 2 is 2.15 bits per heavy atom. The largest absolute Gasteiger partial charge is 0.485 e. The topological polar surface area (TPSA) is 47.3 Å². The third-order valence-electron chi connectivity index (χ3n) is 3.13. The molecule has 0 aliphatic heterocycles. The van der Waals surface area contributed by atoms with Gasteiger partial charge in [0.15, 0.2) is 5.76 Å². The number of ether oxygens (including phenoxy) is 1. The van der Waals surface area contributed by atoms with Crippen LogP contribution in [0.25, 0.3) is 0 Å². The van der Waals surface area contributed by atoms with Crippen LogP contribution >= 0.6 is 0 Å². The molecule has 0 saturated carbocycles.